The van der Waals surface area contributed by atoms with E-state index in [1.54, 1.807) is 13.3 Å². The van der Waals surface area contributed by atoms with E-state index in [2.05, 4.69) is 10.2 Å². The fraction of sp³-hybridized carbons (Fsp3) is 0.353. The second kappa shape index (κ2) is 8.95. The minimum Gasteiger partial charge on any atom is -0.395 e. The summed E-state index contributed by atoms with van der Waals surface area (Å²) in [5.74, 6) is 0.601. The number of aromatic nitrogens is 1. The molecule has 7 nitrogen and oxygen atoms in total. The molecule has 0 atom stereocenters. The van der Waals surface area contributed by atoms with Crippen LogP contribution in [0.1, 0.15) is 5.56 Å². The second-order valence-corrected chi connectivity index (χ2v) is 5.22. The molecule has 0 bridgehead atoms. The molecule has 7 heteroatoms. The molecule has 0 unspecified atom stereocenters. The van der Waals surface area contributed by atoms with Crippen LogP contribution in [0.5, 0.6) is 0 Å². The average molecular weight is 331 g/mol. The lowest BCUT2D eigenvalue weighted by Gasteiger charge is -2.22. The number of hydrogen-bond acceptors (Lipinski definition) is 6. The Morgan fingerprint density at radius 1 is 1.04 bits per heavy atom. The minimum absolute atomic E-state index is 0.0336. The molecule has 0 radical (unpaired) electrons. The number of azo groups is 1. The standard InChI is InChI=1S/C17H23N4O3/c1-14-7-8-21(24-2)17(13-14)19-18-15-3-5-16(6-4-15)20(9-11-22)10-12-23/h3-8,13,22-23H,9-12H2,1-2H3/q+1. The summed E-state index contributed by atoms with van der Waals surface area (Å²) >= 11 is 0. The number of nitrogens with zero attached hydrogens (tertiary/aromatic N) is 4. The first-order valence-electron chi connectivity index (χ1n) is 7.73. The molecule has 2 N–H and O–H groups in total. The topological polar surface area (TPSA) is 81.5 Å². The van der Waals surface area contributed by atoms with Gasteiger partial charge in [-0.3, -0.25) is 0 Å². The van der Waals surface area contributed by atoms with E-state index in [1.807, 2.05) is 48.2 Å². The third-order valence-electron chi connectivity index (χ3n) is 3.47. The minimum atomic E-state index is 0.0336. The molecule has 1 heterocycles. The van der Waals surface area contributed by atoms with Crippen LogP contribution in [0.3, 0.4) is 0 Å². The van der Waals surface area contributed by atoms with Crippen molar-refractivity contribution < 1.29 is 19.8 Å². The van der Waals surface area contributed by atoms with Crippen molar-refractivity contribution in [1.29, 1.82) is 0 Å². The van der Waals surface area contributed by atoms with Crippen LogP contribution in [-0.2, 0) is 0 Å². The highest BCUT2D eigenvalue weighted by molar-refractivity contribution is 5.52. The number of anilines is 1. The average Bonchev–Trinajstić information content (AvgIpc) is 2.60. The molecule has 0 aliphatic rings. The number of pyridine rings is 1. The first-order valence-corrected chi connectivity index (χ1v) is 7.73. The molecule has 2 aromatic rings. The van der Waals surface area contributed by atoms with E-state index in [-0.39, 0.29) is 13.2 Å². The second-order valence-electron chi connectivity index (χ2n) is 5.22. The normalized spacial score (nSPS) is 11.0. The highest BCUT2D eigenvalue weighted by Gasteiger charge is 2.11. The van der Waals surface area contributed by atoms with Gasteiger partial charge in [0.1, 0.15) is 19.0 Å². The van der Waals surface area contributed by atoms with Gasteiger partial charge in [-0.1, -0.05) is 0 Å². The fourth-order valence-electron chi connectivity index (χ4n) is 2.25. The van der Waals surface area contributed by atoms with Crippen molar-refractivity contribution in [2.75, 3.05) is 38.3 Å². The van der Waals surface area contributed by atoms with Crippen LogP contribution in [0.2, 0.25) is 0 Å². The maximum atomic E-state index is 9.09. The molecule has 1 aromatic heterocycles. The SMILES string of the molecule is CO[n+]1ccc(C)cc1N=Nc1ccc(N(CCO)CCO)cc1. The van der Waals surface area contributed by atoms with Crippen molar-refractivity contribution in [2.24, 2.45) is 10.2 Å². The molecule has 0 amide bonds. The van der Waals surface area contributed by atoms with E-state index < -0.39 is 0 Å². The van der Waals surface area contributed by atoms with E-state index in [0.717, 1.165) is 11.3 Å². The Balaban J connectivity index is 2.15. The first kappa shape index (κ1) is 17.8. The van der Waals surface area contributed by atoms with Crippen LogP contribution in [0.4, 0.5) is 17.2 Å². The number of aryl methyl sites for hydroxylation is 1. The van der Waals surface area contributed by atoms with Crippen LogP contribution >= 0.6 is 0 Å². The van der Waals surface area contributed by atoms with Crippen molar-refractivity contribution in [1.82, 2.24) is 0 Å². The fourth-order valence-corrected chi connectivity index (χ4v) is 2.25. The van der Waals surface area contributed by atoms with Crippen molar-refractivity contribution in [3.8, 4) is 0 Å². The lowest BCUT2D eigenvalue weighted by Crippen LogP contribution is -2.40. The van der Waals surface area contributed by atoms with Crippen molar-refractivity contribution in [3.05, 3.63) is 48.2 Å². The number of benzene rings is 1. The van der Waals surface area contributed by atoms with Gasteiger partial charge in [-0.25, -0.2) is 0 Å². The quantitative estimate of drug-likeness (QED) is 0.568. The van der Waals surface area contributed by atoms with Crippen LogP contribution in [0.25, 0.3) is 0 Å². The first-order chi connectivity index (χ1) is 11.7. The van der Waals surface area contributed by atoms with E-state index in [1.165, 1.54) is 4.73 Å². The summed E-state index contributed by atoms with van der Waals surface area (Å²) in [6, 6.07) is 11.3. The Morgan fingerprint density at radius 3 is 2.29 bits per heavy atom. The van der Waals surface area contributed by atoms with Gasteiger partial charge >= 0.3 is 5.82 Å². The van der Waals surface area contributed by atoms with Crippen molar-refractivity contribution in [2.45, 2.75) is 6.92 Å². The number of aliphatic hydroxyl groups excluding tert-OH is 2. The number of aliphatic hydroxyl groups is 2. The van der Waals surface area contributed by atoms with E-state index >= 15 is 0 Å². The van der Waals surface area contributed by atoms with Crippen LogP contribution in [-0.4, -0.2) is 43.6 Å². The Labute approximate surface area is 141 Å². The molecule has 0 saturated heterocycles. The lowest BCUT2D eigenvalue weighted by molar-refractivity contribution is -0.875. The number of rotatable bonds is 8. The van der Waals surface area contributed by atoms with Gasteiger partial charge in [0.25, 0.3) is 0 Å². The van der Waals surface area contributed by atoms with E-state index in [0.29, 0.717) is 24.6 Å². The van der Waals surface area contributed by atoms with E-state index in [4.69, 9.17) is 15.1 Å². The van der Waals surface area contributed by atoms with Gasteiger partial charge in [0.15, 0.2) is 0 Å². The zero-order valence-electron chi connectivity index (χ0n) is 14.0. The molecular formula is C17H23N4O3+. The smallest absolute Gasteiger partial charge is 0.389 e. The molecule has 2 rings (SSSR count). The summed E-state index contributed by atoms with van der Waals surface area (Å²) in [5, 5.41) is 26.6. The summed E-state index contributed by atoms with van der Waals surface area (Å²) in [5.41, 5.74) is 2.69. The van der Waals surface area contributed by atoms with Gasteiger partial charge in [0.05, 0.1) is 18.3 Å². The van der Waals surface area contributed by atoms with Gasteiger partial charge in [0.2, 0.25) is 0 Å². The van der Waals surface area contributed by atoms with Gasteiger partial charge in [0, 0.05) is 24.8 Å². The molecule has 0 fully saturated rings. The zero-order valence-corrected chi connectivity index (χ0v) is 14.0. The Bertz CT molecular complexity index is 668. The highest BCUT2D eigenvalue weighted by Crippen LogP contribution is 2.21. The van der Waals surface area contributed by atoms with Crippen molar-refractivity contribution in [3.63, 3.8) is 0 Å². The van der Waals surface area contributed by atoms with Gasteiger partial charge in [-0.2, -0.15) is 0 Å². The zero-order chi connectivity index (χ0) is 17.4. The van der Waals surface area contributed by atoms with Crippen LogP contribution in [0.15, 0.2) is 52.8 Å². The van der Waals surface area contributed by atoms with Crippen molar-refractivity contribution >= 4 is 17.2 Å². The summed E-state index contributed by atoms with van der Waals surface area (Å²) in [6.07, 6.45) is 1.79. The predicted octanol–water partition coefficient (Wildman–Crippen LogP) is 1.55. The van der Waals surface area contributed by atoms with Crippen LogP contribution < -0.4 is 14.5 Å². The molecule has 0 aliphatic carbocycles. The Hall–Kier alpha value is -2.51. The molecular weight excluding hydrogens is 308 g/mol. The highest BCUT2D eigenvalue weighted by atomic mass is 16.6. The van der Waals surface area contributed by atoms with Crippen LogP contribution in [0, 0.1) is 6.92 Å². The third kappa shape index (κ3) is 4.74. The van der Waals surface area contributed by atoms with Gasteiger partial charge < -0.3 is 20.0 Å². The summed E-state index contributed by atoms with van der Waals surface area (Å²) in [4.78, 5) is 7.11. The summed E-state index contributed by atoms with van der Waals surface area (Å²) in [7, 11) is 1.57. The third-order valence-corrected chi connectivity index (χ3v) is 3.47. The Morgan fingerprint density at radius 2 is 1.71 bits per heavy atom. The maximum Gasteiger partial charge on any atom is 0.389 e. The molecule has 128 valence electrons. The predicted molar refractivity (Wildman–Crippen MR) is 90.9 cm³/mol. The largest absolute Gasteiger partial charge is 0.395 e. The molecule has 0 spiro atoms. The lowest BCUT2D eigenvalue weighted by atomic mass is 10.2. The van der Waals surface area contributed by atoms with E-state index in [9.17, 15) is 0 Å². The van der Waals surface area contributed by atoms with Gasteiger partial charge in [-0.15, -0.1) is 0 Å². The molecule has 1 aromatic carbocycles. The Kier molecular flexibility index (Phi) is 6.65. The van der Waals surface area contributed by atoms with Gasteiger partial charge in [-0.05, 0) is 52.7 Å². The number of hydrogen-bond donors (Lipinski definition) is 2. The monoisotopic (exact) mass is 331 g/mol. The molecule has 0 saturated carbocycles. The summed E-state index contributed by atoms with van der Waals surface area (Å²) < 4.78 is 1.54. The summed E-state index contributed by atoms with van der Waals surface area (Å²) in [6.45, 7) is 2.99. The maximum absolute atomic E-state index is 9.09. The molecule has 0 aliphatic heterocycles. The molecule has 24 heavy (non-hydrogen) atoms.